The van der Waals surface area contributed by atoms with Crippen LogP contribution < -0.4 is 10.6 Å². The van der Waals surface area contributed by atoms with Crippen LogP contribution in [-0.2, 0) is 9.47 Å². The molecule has 2 aliphatic heterocycles. The standard InChI is InChI=1S/C20H25N7O3S/c21-4-7-27-6-1-2-14(11-27)16-3-5-22-19(24-16)26-20-25-17(13-31-20)18(28)23-10-15-12-29-8-9-30-15/h3,5,13-15H,1-2,6-12H2,(H,23,28)(H,22,24,25,26). The number of ether oxygens (including phenoxy) is 2. The van der Waals surface area contributed by atoms with Crippen molar-refractivity contribution in [3.63, 3.8) is 0 Å². The van der Waals surface area contributed by atoms with Crippen LogP contribution in [0.15, 0.2) is 17.6 Å². The number of thiazole rings is 1. The Hall–Kier alpha value is -2.65. The fourth-order valence-corrected chi connectivity index (χ4v) is 4.37. The van der Waals surface area contributed by atoms with E-state index in [1.807, 2.05) is 6.07 Å². The number of carbonyl (C=O) groups excluding carboxylic acids is 1. The SMILES string of the molecule is N#CCN1CCCC(c2ccnc(Nc3nc(C(=O)NCC4COCCO4)cs3)n2)C1. The maximum Gasteiger partial charge on any atom is 0.270 e. The van der Waals surface area contributed by atoms with E-state index in [9.17, 15) is 4.79 Å². The number of nitrogens with one attached hydrogen (secondary N) is 2. The quantitative estimate of drug-likeness (QED) is 0.613. The number of piperidine rings is 1. The molecule has 164 valence electrons. The number of nitrogens with zero attached hydrogens (tertiary/aromatic N) is 5. The number of hydrogen-bond acceptors (Lipinski definition) is 10. The van der Waals surface area contributed by atoms with Crippen molar-refractivity contribution >= 4 is 28.3 Å². The number of likely N-dealkylation sites (tertiary alicyclic amines) is 1. The first-order valence-electron chi connectivity index (χ1n) is 10.3. The van der Waals surface area contributed by atoms with E-state index in [1.54, 1.807) is 11.6 Å². The van der Waals surface area contributed by atoms with E-state index in [-0.39, 0.29) is 17.9 Å². The molecule has 0 bridgehead atoms. The zero-order chi connectivity index (χ0) is 21.5. The Morgan fingerprint density at radius 3 is 3.16 bits per heavy atom. The van der Waals surface area contributed by atoms with Crippen LogP contribution in [0.5, 0.6) is 0 Å². The predicted molar refractivity (Wildman–Crippen MR) is 114 cm³/mol. The van der Waals surface area contributed by atoms with Crippen molar-refractivity contribution in [2.24, 2.45) is 0 Å². The lowest BCUT2D eigenvalue weighted by Gasteiger charge is -2.30. The number of hydrogen-bond donors (Lipinski definition) is 2. The Kier molecular flexibility index (Phi) is 7.37. The van der Waals surface area contributed by atoms with Crippen molar-refractivity contribution < 1.29 is 14.3 Å². The summed E-state index contributed by atoms with van der Waals surface area (Å²) in [4.78, 5) is 27.8. The molecular formula is C20H25N7O3S. The van der Waals surface area contributed by atoms with Gasteiger partial charge in [-0.1, -0.05) is 0 Å². The zero-order valence-corrected chi connectivity index (χ0v) is 17.9. The maximum absolute atomic E-state index is 12.3. The molecule has 2 unspecified atom stereocenters. The van der Waals surface area contributed by atoms with E-state index in [0.717, 1.165) is 31.6 Å². The molecule has 4 rings (SSSR count). The topological polar surface area (TPSA) is 125 Å². The highest BCUT2D eigenvalue weighted by Crippen LogP contribution is 2.26. The summed E-state index contributed by atoms with van der Waals surface area (Å²) in [5.74, 6) is 0.464. The molecule has 2 aromatic heterocycles. The van der Waals surface area contributed by atoms with Gasteiger partial charge in [0.15, 0.2) is 5.13 Å². The van der Waals surface area contributed by atoms with Crippen molar-refractivity contribution in [2.75, 3.05) is 51.3 Å². The maximum atomic E-state index is 12.3. The fourth-order valence-electron chi connectivity index (χ4n) is 3.68. The Bertz CT molecular complexity index is 925. The monoisotopic (exact) mass is 443 g/mol. The van der Waals surface area contributed by atoms with E-state index in [4.69, 9.17) is 14.7 Å². The second-order valence-corrected chi connectivity index (χ2v) is 8.34. The highest BCUT2D eigenvalue weighted by Gasteiger charge is 2.23. The summed E-state index contributed by atoms with van der Waals surface area (Å²) < 4.78 is 10.9. The molecule has 31 heavy (non-hydrogen) atoms. The average molecular weight is 444 g/mol. The largest absolute Gasteiger partial charge is 0.376 e. The molecule has 2 aromatic rings. The first-order valence-corrected chi connectivity index (χ1v) is 11.2. The first kappa shape index (κ1) is 21.6. The van der Waals surface area contributed by atoms with Gasteiger partial charge in [0, 0.05) is 30.6 Å². The normalized spacial score (nSPS) is 21.9. The van der Waals surface area contributed by atoms with Gasteiger partial charge in [0.1, 0.15) is 5.69 Å². The summed E-state index contributed by atoms with van der Waals surface area (Å²) in [6.07, 6.45) is 3.67. The molecule has 0 saturated carbocycles. The molecular weight excluding hydrogens is 418 g/mol. The van der Waals surface area contributed by atoms with Crippen LogP contribution in [0.4, 0.5) is 11.1 Å². The molecule has 11 heteroatoms. The van der Waals surface area contributed by atoms with Gasteiger partial charge in [0.2, 0.25) is 5.95 Å². The summed E-state index contributed by atoms with van der Waals surface area (Å²) in [7, 11) is 0. The van der Waals surface area contributed by atoms with Gasteiger partial charge in [0.05, 0.1) is 44.2 Å². The van der Waals surface area contributed by atoms with Crippen LogP contribution in [0, 0.1) is 11.3 Å². The van der Waals surface area contributed by atoms with Crippen LogP contribution in [0.2, 0.25) is 0 Å². The molecule has 2 fully saturated rings. The van der Waals surface area contributed by atoms with E-state index in [1.165, 1.54) is 11.3 Å². The number of aromatic nitrogens is 3. The summed E-state index contributed by atoms with van der Waals surface area (Å²) in [5.41, 5.74) is 1.28. The third kappa shape index (κ3) is 5.95. The molecule has 0 aliphatic carbocycles. The zero-order valence-electron chi connectivity index (χ0n) is 17.1. The Labute approximate surface area is 184 Å². The fraction of sp³-hybridized carbons (Fsp3) is 0.550. The lowest BCUT2D eigenvalue weighted by molar-refractivity contribution is -0.0855. The highest BCUT2D eigenvalue weighted by atomic mass is 32.1. The van der Waals surface area contributed by atoms with Crippen molar-refractivity contribution in [3.05, 3.63) is 29.0 Å². The van der Waals surface area contributed by atoms with Crippen LogP contribution in [-0.4, -0.2) is 77.9 Å². The molecule has 4 heterocycles. The van der Waals surface area contributed by atoms with Gasteiger partial charge in [-0.25, -0.2) is 15.0 Å². The van der Waals surface area contributed by atoms with Gasteiger partial charge in [-0.2, -0.15) is 5.26 Å². The van der Waals surface area contributed by atoms with Gasteiger partial charge < -0.3 is 20.1 Å². The minimum atomic E-state index is -0.257. The van der Waals surface area contributed by atoms with Gasteiger partial charge >= 0.3 is 0 Å². The van der Waals surface area contributed by atoms with Crippen LogP contribution in [0.3, 0.4) is 0 Å². The molecule has 2 saturated heterocycles. The predicted octanol–water partition coefficient (Wildman–Crippen LogP) is 1.52. The van der Waals surface area contributed by atoms with Crippen molar-refractivity contribution in [1.29, 1.82) is 5.26 Å². The second-order valence-electron chi connectivity index (χ2n) is 7.48. The summed E-state index contributed by atoms with van der Waals surface area (Å²) >= 11 is 1.32. The lowest BCUT2D eigenvalue weighted by atomic mass is 9.94. The van der Waals surface area contributed by atoms with E-state index in [2.05, 4.69) is 36.6 Å². The first-order chi connectivity index (χ1) is 15.2. The average Bonchev–Trinajstić information content (AvgIpc) is 3.27. The highest BCUT2D eigenvalue weighted by molar-refractivity contribution is 7.14. The van der Waals surface area contributed by atoms with Crippen molar-refractivity contribution in [2.45, 2.75) is 24.9 Å². The summed E-state index contributed by atoms with van der Waals surface area (Å²) in [5, 5.41) is 17.1. The molecule has 2 atom stereocenters. The van der Waals surface area contributed by atoms with E-state index < -0.39 is 0 Å². The van der Waals surface area contributed by atoms with Gasteiger partial charge in [0.25, 0.3) is 5.91 Å². The van der Waals surface area contributed by atoms with E-state index in [0.29, 0.717) is 49.7 Å². The van der Waals surface area contributed by atoms with Crippen LogP contribution in [0.1, 0.15) is 34.9 Å². The van der Waals surface area contributed by atoms with Gasteiger partial charge in [-0.3, -0.25) is 9.69 Å². The number of carbonyl (C=O) groups is 1. The number of nitriles is 1. The number of amides is 1. The molecule has 1 amide bonds. The van der Waals surface area contributed by atoms with Crippen molar-refractivity contribution in [3.8, 4) is 6.07 Å². The van der Waals surface area contributed by atoms with Crippen LogP contribution in [0.25, 0.3) is 0 Å². The Morgan fingerprint density at radius 2 is 2.32 bits per heavy atom. The lowest BCUT2D eigenvalue weighted by Crippen LogP contribution is -2.39. The third-order valence-electron chi connectivity index (χ3n) is 5.23. The second kappa shape index (κ2) is 10.6. The Morgan fingerprint density at radius 1 is 1.39 bits per heavy atom. The summed E-state index contributed by atoms with van der Waals surface area (Å²) in [6.45, 7) is 4.21. The molecule has 10 nitrogen and oxygen atoms in total. The molecule has 0 spiro atoms. The number of anilines is 2. The number of rotatable bonds is 7. The Balaban J connectivity index is 1.33. The molecule has 0 radical (unpaired) electrons. The smallest absolute Gasteiger partial charge is 0.270 e. The summed E-state index contributed by atoms with van der Waals surface area (Å²) in [6, 6.07) is 4.14. The minimum Gasteiger partial charge on any atom is -0.376 e. The molecule has 2 aliphatic rings. The van der Waals surface area contributed by atoms with Crippen molar-refractivity contribution in [1.82, 2.24) is 25.2 Å². The molecule has 0 aromatic carbocycles. The third-order valence-corrected chi connectivity index (χ3v) is 5.98. The van der Waals surface area contributed by atoms with Crippen LogP contribution >= 0.6 is 11.3 Å². The van der Waals surface area contributed by atoms with E-state index >= 15 is 0 Å². The minimum absolute atomic E-state index is 0.131. The van der Waals surface area contributed by atoms with Gasteiger partial charge in [-0.05, 0) is 25.5 Å². The molecule has 2 N–H and O–H groups in total. The van der Waals surface area contributed by atoms with Gasteiger partial charge in [-0.15, -0.1) is 11.3 Å².